The standard InChI is InChI=1S/C18H17ClN4O2S/c1-11-20-18(23-22-11)26-16(12-6-4-3-5-7-12)17(24)21-13-8-9-15(25-2)14(19)10-13/h3-10,16H,1-2H3,(H,21,24)(H,20,22,23). The van der Waals surface area contributed by atoms with Gasteiger partial charge in [-0.1, -0.05) is 53.7 Å². The number of hydrogen-bond donors (Lipinski definition) is 2. The fourth-order valence-electron chi connectivity index (χ4n) is 2.33. The Morgan fingerprint density at radius 2 is 2.04 bits per heavy atom. The molecular formula is C18H17ClN4O2S. The Kier molecular flexibility index (Phi) is 5.80. The summed E-state index contributed by atoms with van der Waals surface area (Å²) in [6, 6.07) is 14.6. The Balaban J connectivity index is 1.83. The zero-order valence-electron chi connectivity index (χ0n) is 14.2. The van der Waals surface area contributed by atoms with E-state index in [1.54, 1.807) is 25.3 Å². The van der Waals surface area contributed by atoms with Crippen LogP contribution in [-0.2, 0) is 4.79 Å². The number of nitrogens with zero attached hydrogens (tertiary/aromatic N) is 2. The van der Waals surface area contributed by atoms with Crippen LogP contribution in [0.15, 0.2) is 53.7 Å². The molecule has 0 saturated heterocycles. The van der Waals surface area contributed by atoms with E-state index in [0.29, 0.717) is 27.4 Å². The van der Waals surface area contributed by atoms with Crippen LogP contribution in [0.4, 0.5) is 5.69 Å². The second-order valence-electron chi connectivity index (χ2n) is 5.45. The summed E-state index contributed by atoms with van der Waals surface area (Å²) in [6.45, 7) is 1.81. The van der Waals surface area contributed by atoms with Crippen molar-refractivity contribution in [1.82, 2.24) is 15.2 Å². The molecular weight excluding hydrogens is 372 g/mol. The number of nitrogens with one attached hydrogen (secondary N) is 2. The van der Waals surface area contributed by atoms with Gasteiger partial charge in [0.05, 0.1) is 12.1 Å². The number of H-pyrrole nitrogens is 1. The molecule has 134 valence electrons. The van der Waals surface area contributed by atoms with Gasteiger partial charge in [0.15, 0.2) is 0 Å². The lowest BCUT2D eigenvalue weighted by Crippen LogP contribution is -2.19. The van der Waals surface area contributed by atoms with Crippen LogP contribution in [0.1, 0.15) is 16.6 Å². The number of amides is 1. The zero-order chi connectivity index (χ0) is 18.5. The maximum Gasteiger partial charge on any atom is 0.242 e. The Bertz CT molecular complexity index is 901. The molecule has 2 aromatic carbocycles. The first-order valence-electron chi connectivity index (χ1n) is 7.82. The SMILES string of the molecule is COc1ccc(NC(=O)C(Sc2n[nH]c(C)n2)c2ccccc2)cc1Cl. The van der Waals surface area contributed by atoms with Crippen molar-refractivity contribution in [3.8, 4) is 5.75 Å². The van der Waals surface area contributed by atoms with Crippen molar-refractivity contribution in [2.75, 3.05) is 12.4 Å². The highest BCUT2D eigenvalue weighted by molar-refractivity contribution is 8.00. The van der Waals surface area contributed by atoms with Crippen LogP contribution >= 0.6 is 23.4 Å². The molecule has 1 heterocycles. The van der Waals surface area contributed by atoms with E-state index in [1.807, 2.05) is 37.3 Å². The van der Waals surface area contributed by atoms with E-state index in [-0.39, 0.29) is 5.91 Å². The predicted octanol–water partition coefficient (Wildman–Crippen LogP) is 4.25. The maximum absolute atomic E-state index is 12.9. The molecule has 0 fully saturated rings. The first-order chi connectivity index (χ1) is 12.6. The molecule has 26 heavy (non-hydrogen) atoms. The minimum Gasteiger partial charge on any atom is -0.495 e. The molecule has 1 atom stereocenters. The third-order valence-corrected chi connectivity index (χ3v) is 4.97. The van der Waals surface area contributed by atoms with Gasteiger partial charge in [-0.2, -0.15) is 0 Å². The summed E-state index contributed by atoms with van der Waals surface area (Å²) in [6.07, 6.45) is 0. The van der Waals surface area contributed by atoms with Crippen molar-refractivity contribution in [2.45, 2.75) is 17.3 Å². The molecule has 6 nitrogen and oxygen atoms in total. The van der Waals surface area contributed by atoms with E-state index in [2.05, 4.69) is 20.5 Å². The van der Waals surface area contributed by atoms with Gasteiger partial charge >= 0.3 is 0 Å². The van der Waals surface area contributed by atoms with E-state index in [9.17, 15) is 4.79 Å². The molecule has 0 aliphatic heterocycles. The first-order valence-corrected chi connectivity index (χ1v) is 9.07. The zero-order valence-corrected chi connectivity index (χ0v) is 15.8. The molecule has 1 aromatic heterocycles. The monoisotopic (exact) mass is 388 g/mol. The number of hydrogen-bond acceptors (Lipinski definition) is 5. The number of ether oxygens (including phenoxy) is 1. The number of anilines is 1. The Labute approximate surface area is 160 Å². The number of methoxy groups -OCH3 is 1. The van der Waals surface area contributed by atoms with Crippen molar-refractivity contribution >= 4 is 35.0 Å². The van der Waals surface area contributed by atoms with Gasteiger partial charge in [0, 0.05) is 5.69 Å². The van der Waals surface area contributed by atoms with Crippen LogP contribution < -0.4 is 10.1 Å². The Morgan fingerprint density at radius 3 is 2.65 bits per heavy atom. The predicted molar refractivity (Wildman–Crippen MR) is 103 cm³/mol. The molecule has 8 heteroatoms. The number of aromatic amines is 1. The van der Waals surface area contributed by atoms with Crippen molar-refractivity contribution < 1.29 is 9.53 Å². The van der Waals surface area contributed by atoms with Gasteiger partial charge in [-0.05, 0) is 30.7 Å². The number of benzene rings is 2. The van der Waals surface area contributed by atoms with E-state index in [4.69, 9.17) is 16.3 Å². The second-order valence-corrected chi connectivity index (χ2v) is 6.93. The number of thioether (sulfide) groups is 1. The van der Waals surface area contributed by atoms with Crippen molar-refractivity contribution in [3.63, 3.8) is 0 Å². The summed E-state index contributed by atoms with van der Waals surface area (Å²) in [5, 5.41) is 10.2. The first kappa shape index (κ1) is 18.3. The van der Waals surface area contributed by atoms with Crippen molar-refractivity contribution in [3.05, 3.63) is 64.9 Å². The fourth-order valence-corrected chi connectivity index (χ4v) is 3.55. The second kappa shape index (κ2) is 8.25. The highest BCUT2D eigenvalue weighted by Gasteiger charge is 2.24. The maximum atomic E-state index is 12.9. The number of aryl methyl sites for hydroxylation is 1. The Morgan fingerprint density at radius 1 is 1.27 bits per heavy atom. The summed E-state index contributed by atoms with van der Waals surface area (Å²) < 4.78 is 5.13. The minimum atomic E-state index is -0.507. The molecule has 3 aromatic rings. The van der Waals surface area contributed by atoms with Crippen LogP contribution in [0.5, 0.6) is 5.75 Å². The molecule has 0 spiro atoms. The van der Waals surface area contributed by atoms with Gasteiger partial charge in [0.2, 0.25) is 11.1 Å². The van der Waals surface area contributed by atoms with Crippen LogP contribution in [0, 0.1) is 6.92 Å². The Hall–Kier alpha value is -2.51. The topological polar surface area (TPSA) is 79.9 Å². The van der Waals surface area contributed by atoms with Gasteiger partial charge in [-0.25, -0.2) is 4.98 Å². The van der Waals surface area contributed by atoms with Crippen LogP contribution in [-0.4, -0.2) is 28.2 Å². The van der Waals surface area contributed by atoms with Gasteiger partial charge in [-0.15, -0.1) is 5.10 Å². The molecule has 1 amide bonds. The van der Waals surface area contributed by atoms with E-state index in [0.717, 1.165) is 5.56 Å². The van der Waals surface area contributed by atoms with Crippen molar-refractivity contribution in [2.24, 2.45) is 0 Å². The molecule has 0 aliphatic carbocycles. The van der Waals surface area contributed by atoms with Crippen LogP contribution in [0.3, 0.4) is 0 Å². The molecule has 1 unspecified atom stereocenters. The largest absolute Gasteiger partial charge is 0.495 e. The lowest BCUT2D eigenvalue weighted by atomic mass is 10.1. The van der Waals surface area contributed by atoms with E-state index >= 15 is 0 Å². The molecule has 0 radical (unpaired) electrons. The van der Waals surface area contributed by atoms with Gasteiger partial charge < -0.3 is 10.1 Å². The van der Waals surface area contributed by atoms with Gasteiger partial charge in [0.1, 0.15) is 16.8 Å². The quantitative estimate of drug-likeness (QED) is 0.617. The summed E-state index contributed by atoms with van der Waals surface area (Å²) >= 11 is 7.42. The molecule has 0 aliphatic rings. The normalized spacial score (nSPS) is 11.8. The number of carbonyl (C=O) groups excluding carboxylic acids is 1. The minimum absolute atomic E-state index is 0.190. The lowest BCUT2D eigenvalue weighted by molar-refractivity contribution is -0.115. The van der Waals surface area contributed by atoms with Gasteiger partial charge in [-0.3, -0.25) is 9.89 Å². The third kappa shape index (κ3) is 4.36. The average Bonchev–Trinajstić information content (AvgIpc) is 3.05. The summed E-state index contributed by atoms with van der Waals surface area (Å²) in [5.74, 6) is 1.06. The summed E-state index contributed by atoms with van der Waals surface area (Å²) in [4.78, 5) is 17.2. The molecule has 0 bridgehead atoms. The lowest BCUT2D eigenvalue weighted by Gasteiger charge is -2.16. The third-order valence-electron chi connectivity index (χ3n) is 3.56. The summed E-state index contributed by atoms with van der Waals surface area (Å²) in [5.41, 5.74) is 1.45. The average molecular weight is 389 g/mol. The molecule has 3 rings (SSSR count). The molecule has 0 saturated carbocycles. The fraction of sp³-hybridized carbons (Fsp3) is 0.167. The number of carbonyl (C=O) groups is 1. The smallest absolute Gasteiger partial charge is 0.242 e. The number of halogens is 1. The van der Waals surface area contributed by atoms with E-state index < -0.39 is 5.25 Å². The number of aromatic nitrogens is 3. The highest BCUT2D eigenvalue weighted by Crippen LogP contribution is 2.35. The van der Waals surface area contributed by atoms with Crippen molar-refractivity contribution in [1.29, 1.82) is 0 Å². The summed E-state index contributed by atoms with van der Waals surface area (Å²) in [7, 11) is 1.54. The van der Waals surface area contributed by atoms with Crippen LogP contribution in [0.25, 0.3) is 0 Å². The van der Waals surface area contributed by atoms with Gasteiger partial charge in [0.25, 0.3) is 0 Å². The van der Waals surface area contributed by atoms with E-state index in [1.165, 1.54) is 11.8 Å². The number of rotatable bonds is 6. The molecule has 2 N–H and O–H groups in total. The van der Waals surface area contributed by atoms with Crippen LogP contribution in [0.2, 0.25) is 5.02 Å². The highest BCUT2D eigenvalue weighted by atomic mass is 35.5.